The fraction of sp³-hybridized carbons (Fsp3) is 0. The Morgan fingerprint density at radius 3 is 3.20 bits per heavy atom. The van der Waals surface area contributed by atoms with E-state index in [-0.39, 0.29) is 5.75 Å². The normalized spacial score (nSPS) is 10.4. The van der Waals surface area contributed by atoms with E-state index in [0.717, 1.165) is 5.52 Å². The van der Waals surface area contributed by atoms with Crippen molar-refractivity contribution < 1.29 is 5.11 Å². The van der Waals surface area contributed by atoms with Gasteiger partial charge in [0.25, 0.3) is 0 Å². The molecule has 0 aromatic carbocycles. The van der Waals surface area contributed by atoms with Gasteiger partial charge in [0.15, 0.2) is 0 Å². The molecule has 2 heterocycles. The summed E-state index contributed by atoms with van der Waals surface area (Å²) in [7, 11) is 0. The molecular weight excluding hydrogens is 128 g/mol. The maximum Gasteiger partial charge on any atom is 0.141 e. The van der Waals surface area contributed by atoms with Gasteiger partial charge in [0.05, 0.1) is 12.5 Å². The van der Waals surface area contributed by atoms with E-state index in [1.807, 2.05) is 6.20 Å². The number of nitrogens with zero attached hydrogens (tertiary/aromatic N) is 2. The predicted molar refractivity (Wildman–Crippen MR) is 36.9 cm³/mol. The van der Waals surface area contributed by atoms with Crippen molar-refractivity contribution in [3.05, 3.63) is 30.9 Å². The average molecular weight is 134 g/mol. The summed E-state index contributed by atoms with van der Waals surface area (Å²) in [4.78, 5) is 3.87. The molecule has 10 heavy (non-hydrogen) atoms. The summed E-state index contributed by atoms with van der Waals surface area (Å²) in [5, 5.41) is 9.20. The zero-order chi connectivity index (χ0) is 6.97. The summed E-state index contributed by atoms with van der Waals surface area (Å²) in [6, 6.07) is 3.40. The molecular formula is C7H6N2O. The minimum Gasteiger partial charge on any atom is -0.506 e. The summed E-state index contributed by atoms with van der Waals surface area (Å²) >= 11 is 0. The molecule has 3 heteroatoms. The second-order valence-electron chi connectivity index (χ2n) is 2.08. The smallest absolute Gasteiger partial charge is 0.141 e. The predicted octanol–water partition coefficient (Wildman–Crippen LogP) is 1.04. The average Bonchev–Trinajstić information content (AvgIpc) is 2.36. The molecule has 0 radical (unpaired) electrons. The molecule has 0 fully saturated rings. The van der Waals surface area contributed by atoms with Gasteiger partial charge in [-0.2, -0.15) is 0 Å². The van der Waals surface area contributed by atoms with Gasteiger partial charge >= 0.3 is 0 Å². The summed E-state index contributed by atoms with van der Waals surface area (Å²) in [5.41, 5.74) is 0.738. The molecule has 2 rings (SSSR count). The molecule has 50 valence electrons. The maximum atomic E-state index is 9.20. The van der Waals surface area contributed by atoms with Gasteiger partial charge in [0, 0.05) is 6.20 Å². The van der Waals surface area contributed by atoms with Crippen molar-refractivity contribution >= 4 is 5.52 Å². The first kappa shape index (κ1) is 5.29. The Kier molecular flexibility index (Phi) is 0.917. The molecule has 0 aliphatic rings. The van der Waals surface area contributed by atoms with Gasteiger partial charge < -0.3 is 9.51 Å². The van der Waals surface area contributed by atoms with Crippen LogP contribution in [0.5, 0.6) is 5.75 Å². The second kappa shape index (κ2) is 1.73. The van der Waals surface area contributed by atoms with Crippen molar-refractivity contribution in [2.75, 3.05) is 0 Å². The fourth-order valence-corrected chi connectivity index (χ4v) is 0.934. The van der Waals surface area contributed by atoms with E-state index in [2.05, 4.69) is 4.98 Å². The zero-order valence-corrected chi connectivity index (χ0v) is 5.23. The molecule has 0 saturated carbocycles. The Hall–Kier alpha value is -1.51. The van der Waals surface area contributed by atoms with Crippen molar-refractivity contribution in [1.29, 1.82) is 0 Å². The lowest BCUT2D eigenvalue weighted by Crippen LogP contribution is -1.78. The van der Waals surface area contributed by atoms with E-state index >= 15 is 0 Å². The van der Waals surface area contributed by atoms with Gasteiger partial charge in [0.1, 0.15) is 11.3 Å². The Bertz CT molecular complexity index is 353. The van der Waals surface area contributed by atoms with Gasteiger partial charge in [-0.15, -0.1) is 0 Å². The van der Waals surface area contributed by atoms with Crippen molar-refractivity contribution in [2.45, 2.75) is 0 Å². The molecule has 1 N–H and O–H groups in total. The van der Waals surface area contributed by atoms with Crippen LogP contribution in [0.15, 0.2) is 30.9 Å². The van der Waals surface area contributed by atoms with Gasteiger partial charge in [-0.25, -0.2) is 4.98 Å². The monoisotopic (exact) mass is 134 g/mol. The quantitative estimate of drug-likeness (QED) is 0.584. The largest absolute Gasteiger partial charge is 0.506 e. The van der Waals surface area contributed by atoms with E-state index in [4.69, 9.17) is 0 Å². The molecule has 2 aromatic rings. The Labute approximate surface area is 57.6 Å². The van der Waals surface area contributed by atoms with Gasteiger partial charge in [-0.05, 0) is 12.1 Å². The number of hydrogen-bond donors (Lipinski definition) is 1. The first-order chi connectivity index (χ1) is 4.88. The molecule has 0 bridgehead atoms. The summed E-state index contributed by atoms with van der Waals surface area (Å²) < 4.78 is 1.76. The van der Waals surface area contributed by atoms with E-state index in [1.165, 1.54) is 0 Å². The molecule has 0 aliphatic carbocycles. The van der Waals surface area contributed by atoms with Crippen molar-refractivity contribution in [1.82, 2.24) is 9.38 Å². The minimum absolute atomic E-state index is 0.264. The molecule has 0 aliphatic heterocycles. The number of aromatic nitrogens is 2. The number of rotatable bonds is 0. The first-order valence-corrected chi connectivity index (χ1v) is 2.97. The maximum absolute atomic E-state index is 9.20. The van der Waals surface area contributed by atoms with E-state index < -0.39 is 0 Å². The Balaban J connectivity index is 2.95. The van der Waals surface area contributed by atoms with Crippen molar-refractivity contribution in [3.8, 4) is 5.75 Å². The van der Waals surface area contributed by atoms with Gasteiger partial charge in [0.2, 0.25) is 0 Å². The second-order valence-corrected chi connectivity index (χ2v) is 2.08. The van der Waals surface area contributed by atoms with Crippen LogP contribution in [0.1, 0.15) is 0 Å². The fourth-order valence-electron chi connectivity index (χ4n) is 0.934. The molecule has 0 amide bonds. The molecule has 0 spiro atoms. The Morgan fingerprint density at radius 2 is 2.40 bits per heavy atom. The van der Waals surface area contributed by atoms with Crippen LogP contribution in [0.3, 0.4) is 0 Å². The molecule has 0 unspecified atom stereocenters. The number of fused-ring (bicyclic) bond motifs is 1. The minimum atomic E-state index is 0.264. The number of imidazole rings is 1. The standard InChI is InChI=1S/C7H6N2O/c10-7-2-1-3-9-5-8-4-6(7)9/h1-5,10H. The summed E-state index contributed by atoms with van der Waals surface area (Å²) in [6.45, 7) is 0. The van der Waals surface area contributed by atoms with Crippen LogP contribution < -0.4 is 0 Å². The lowest BCUT2D eigenvalue weighted by molar-refractivity contribution is 0.479. The van der Waals surface area contributed by atoms with Gasteiger partial charge in [-0.1, -0.05) is 0 Å². The van der Waals surface area contributed by atoms with E-state index in [0.29, 0.717) is 0 Å². The number of pyridine rings is 1. The number of aromatic hydroxyl groups is 1. The first-order valence-electron chi connectivity index (χ1n) is 2.97. The van der Waals surface area contributed by atoms with Crippen LogP contribution >= 0.6 is 0 Å². The third-order valence-electron chi connectivity index (χ3n) is 1.43. The molecule has 2 aromatic heterocycles. The highest BCUT2D eigenvalue weighted by molar-refractivity contribution is 5.57. The van der Waals surface area contributed by atoms with Gasteiger partial charge in [-0.3, -0.25) is 0 Å². The SMILES string of the molecule is Oc1cccn2cncc12. The topological polar surface area (TPSA) is 37.5 Å². The van der Waals surface area contributed by atoms with Crippen LogP contribution in [-0.4, -0.2) is 14.5 Å². The lowest BCUT2D eigenvalue weighted by atomic mass is 10.4. The van der Waals surface area contributed by atoms with Crippen LogP contribution in [0.4, 0.5) is 0 Å². The van der Waals surface area contributed by atoms with Crippen LogP contribution in [0, 0.1) is 0 Å². The highest BCUT2D eigenvalue weighted by atomic mass is 16.3. The van der Waals surface area contributed by atoms with Crippen molar-refractivity contribution in [3.63, 3.8) is 0 Å². The highest BCUT2D eigenvalue weighted by Crippen LogP contribution is 2.15. The van der Waals surface area contributed by atoms with Crippen LogP contribution in [0.25, 0.3) is 5.52 Å². The third-order valence-corrected chi connectivity index (χ3v) is 1.43. The lowest BCUT2D eigenvalue weighted by Gasteiger charge is -1.93. The van der Waals surface area contributed by atoms with E-state index in [1.54, 1.807) is 29.1 Å². The molecule has 0 saturated heterocycles. The Morgan fingerprint density at radius 1 is 1.50 bits per heavy atom. The highest BCUT2D eigenvalue weighted by Gasteiger charge is 1.95. The van der Waals surface area contributed by atoms with E-state index in [9.17, 15) is 5.11 Å². The third kappa shape index (κ3) is 0.572. The molecule has 0 atom stereocenters. The number of hydrogen-bond acceptors (Lipinski definition) is 2. The van der Waals surface area contributed by atoms with Crippen LogP contribution in [-0.2, 0) is 0 Å². The summed E-state index contributed by atoms with van der Waals surface area (Å²) in [6.07, 6.45) is 5.10. The summed E-state index contributed by atoms with van der Waals surface area (Å²) in [5.74, 6) is 0.264. The molecule has 3 nitrogen and oxygen atoms in total. The van der Waals surface area contributed by atoms with Crippen molar-refractivity contribution in [2.24, 2.45) is 0 Å². The van der Waals surface area contributed by atoms with Crippen LogP contribution in [0.2, 0.25) is 0 Å². The zero-order valence-electron chi connectivity index (χ0n) is 5.23.